The number of carbonyl (C=O) groups excluding carboxylic acids is 1. The summed E-state index contributed by atoms with van der Waals surface area (Å²) in [6.07, 6.45) is 3.19. The van der Waals surface area contributed by atoms with Crippen LogP contribution in [0.1, 0.15) is 11.1 Å². The van der Waals surface area contributed by atoms with Crippen LogP contribution in [0.2, 0.25) is 0 Å². The zero-order chi connectivity index (χ0) is 15.4. The van der Waals surface area contributed by atoms with Crippen LogP contribution in [0, 0.1) is 12.8 Å². The minimum atomic E-state index is -0.931. The molecule has 0 bridgehead atoms. The molecule has 21 heavy (non-hydrogen) atoms. The van der Waals surface area contributed by atoms with Crippen LogP contribution in [0.25, 0.3) is 6.08 Å². The number of aliphatic carboxylic acids is 1. The summed E-state index contributed by atoms with van der Waals surface area (Å²) in [5.74, 6) is -1.82. The molecule has 5 heteroatoms. The quantitative estimate of drug-likeness (QED) is 0.854. The Morgan fingerprint density at radius 2 is 1.95 bits per heavy atom. The van der Waals surface area contributed by atoms with Crippen LogP contribution in [0.15, 0.2) is 30.3 Å². The molecule has 2 rings (SSSR count). The molecule has 1 aliphatic rings. The second-order valence-electron chi connectivity index (χ2n) is 5.24. The molecule has 1 amide bonds. The molecule has 2 atom stereocenters. The predicted octanol–water partition coefficient (Wildman–Crippen LogP) is 1.57. The first kappa shape index (κ1) is 15.3. The van der Waals surface area contributed by atoms with E-state index in [-0.39, 0.29) is 19.1 Å². The van der Waals surface area contributed by atoms with E-state index in [1.807, 2.05) is 31.2 Å². The SMILES string of the molecule is Cc1ccc(C=CC(=O)N(C)C2COCC2C(=O)O)cc1. The molecule has 1 aromatic rings. The second-order valence-corrected chi connectivity index (χ2v) is 5.24. The Hall–Kier alpha value is -2.14. The van der Waals surface area contributed by atoms with E-state index in [0.29, 0.717) is 0 Å². The van der Waals surface area contributed by atoms with Crippen molar-refractivity contribution in [2.24, 2.45) is 5.92 Å². The van der Waals surface area contributed by atoms with Crippen LogP contribution >= 0.6 is 0 Å². The zero-order valence-electron chi connectivity index (χ0n) is 12.2. The molecule has 1 aromatic carbocycles. The molecular weight excluding hydrogens is 270 g/mol. The van der Waals surface area contributed by atoms with Crippen molar-refractivity contribution in [3.8, 4) is 0 Å². The number of carbonyl (C=O) groups is 2. The van der Waals surface area contributed by atoms with Crippen molar-refractivity contribution in [2.45, 2.75) is 13.0 Å². The fourth-order valence-electron chi connectivity index (χ4n) is 2.29. The molecule has 5 nitrogen and oxygen atoms in total. The lowest BCUT2D eigenvalue weighted by molar-refractivity contribution is -0.143. The van der Waals surface area contributed by atoms with Crippen LogP contribution in [0.4, 0.5) is 0 Å². The summed E-state index contributed by atoms with van der Waals surface area (Å²) in [6.45, 7) is 2.41. The van der Waals surface area contributed by atoms with Gasteiger partial charge in [-0.3, -0.25) is 9.59 Å². The summed E-state index contributed by atoms with van der Waals surface area (Å²) in [5, 5.41) is 9.11. The third-order valence-electron chi connectivity index (χ3n) is 3.71. The minimum absolute atomic E-state index is 0.152. The molecule has 1 fully saturated rings. The zero-order valence-corrected chi connectivity index (χ0v) is 12.2. The number of rotatable bonds is 4. The van der Waals surface area contributed by atoms with Crippen LogP contribution in [-0.2, 0) is 14.3 Å². The summed E-state index contributed by atoms with van der Waals surface area (Å²) in [6, 6.07) is 7.38. The van der Waals surface area contributed by atoms with E-state index >= 15 is 0 Å². The van der Waals surface area contributed by atoms with Crippen molar-refractivity contribution in [3.63, 3.8) is 0 Å². The molecule has 1 N–H and O–H groups in total. The summed E-state index contributed by atoms with van der Waals surface area (Å²) in [5.41, 5.74) is 2.09. The summed E-state index contributed by atoms with van der Waals surface area (Å²) in [7, 11) is 1.61. The molecule has 0 spiro atoms. The van der Waals surface area contributed by atoms with Gasteiger partial charge in [0.05, 0.1) is 19.3 Å². The highest BCUT2D eigenvalue weighted by atomic mass is 16.5. The molecule has 0 aromatic heterocycles. The number of hydrogen-bond donors (Lipinski definition) is 1. The maximum absolute atomic E-state index is 12.1. The van der Waals surface area contributed by atoms with Gasteiger partial charge < -0.3 is 14.7 Å². The Labute approximate surface area is 123 Å². The van der Waals surface area contributed by atoms with Crippen molar-refractivity contribution in [2.75, 3.05) is 20.3 Å². The van der Waals surface area contributed by atoms with E-state index in [9.17, 15) is 9.59 Å². The first-order chi connectivity index (χ1) is 9.99. The van der Waals surface area contributed by atoms with E-state index in [1.54, 1.807) is 13.1 Å². The number of carboxylic acids is 1. The van der Waals surface area contributed by atoms with Gasteiger partial charge in [0.2, 0.25) is 5.91 Å². The number of carboxylic acid groups (broad SMARTS) is 1. The number of amides is 1. The first-order valence-corrected chi connectivity index (χ1v) is 6.81. The molecule has 1 heterocycles. The summed E-state index contributed by atoms with van der Waals surface area (Å²) in [4.78, 5) is 24.7. The van der Waals surface area contributed by atoms with Gasteiger partial charge in [0.25, 0.3) is 0 Å². The highest BCUT2D eigenvalue weighted by molar-refractivity contribution is 5.92. The third-order valence-corrected chi connectivity index (χ3v) is 3.71. The van der Waals surface area contributed by atoms with E-state index < -0.39 is 17.9 Å². The number of ether oxygens (including phenoxy) is 1. The van der Waals surface area contributed by atoms with Crippen LogP contribution in [0.5, 0.6) is 0 Å². The minimum Gasteiger partial charge on any atom is -0.481 e. The van der Waals surface area contributed by atoms with Crippen molar-refractivity contribution in [3.05, 3.63) is 41.5 Å². The van der Waals surface area contributed by atoms with Gasteiger partial charge in [-0.25, -0.2) is 0 Å². The van der Waals surface area contributed by atoms with Gasteiger partial charge in [0, 0.05) is 13.1 Å². The van der Waals surface area contributed by atoms with E-state index in [1.165, 1.54) is 11.0 Å². The summed E-state index contributed by atoms with van der Waals surface area (Å²) >= 11 is 0. The predicted molar refractivity (Wildman–Crippen MR) is 78.7 cm³/mol. The van der Waals surface area contributed by atoms with E-state index in [2.05, 4.69) is 0 Å². The normalized spacial score (nSPS) is 21.6. The number of aryl methyl sites for hydroxylation is 1. The topological polar surface area (TPSA) is 66.8 Å². The maximum atomic E-state index is 12.1. The van der Waals surface area contributed by atoms with Crippen LogP contribution in [0.3, 0.4) is 0 Å². The summed E-state index contributed by atoms with van der Waals surface area (Å²) < 4.78 is 5.18. The Bertz CT molecular complexity index is 550. The second kappa shape index (κ2) is 6.54. The van der Waals surface area contributed by atoms with Crippen molar-refractivity contribution >= 4 is 18.0 Å². The van der Waals surface area contributed by atoms with Crippen molar-refractivity contribution in [1.82, 2.24) is 4.90 Å². The Morgan fingerprint density at radius 1 is 1.29 bits per heavy atom. The van der Waals surface area contributed by atoms with Crippen LogP contribution in [-0.4, -0.2) is 48.2 Å². The molecule has 112 valence electrons. The molecule has 0 saturated carbocycles. The van der Waals surface area contributed by atoms with Gasteiger partial charge >= 0.3 is 5.97 Å². The van der Waals surface area contributed by atoms with Gasteiger partial charge in [0.1, 0.15) is 5.92 Å². The van der Waals surface area contributed by atoms with Gasteiger partial charge in [-0.15, -0.1) is 0 Å². The number of benzene rings is 1. The maximum Gasteiger partial charge on any atom is 0.311 e. The fourth-order valence-corrected chi connectivity index (χ4v) is 2.29. The highest BCUT2D eigenvalue weighted by Gasteiger charge is 2.37. The van der Waals surface area contributed by atoms with Crippen molar-refractivity contribution in [1.29, 1.82) is 0 Å². The van der Waals surface area contributed by atoms with Gasteiger partial charge in [-0.1, -0.05) is 29.8 Å². The molecule has 1 aliphatic heterocycles. The average Bonchev–Trinajstić information content (AvgIpc) is 2.95. The molecule has 0 aliphatic carbocycles. The van der Waals surface area contributed by atoms with E-state index in [4.69, 9.17) is 9.84 Å². The molecular formula is C16H19NO4. The largest absolute Gasteiger partial charge is 0.481 e. The lowest BCUT2D eigenvalue weighted by atomic mass is 10.0. The van der Waals surface area contributed by atoms with Gasteiger partial charge in [-0.05, 0) is 18.6 Å². The fraction of sp³-hybridized carbons (Fsp3) is 0.375. The smallest absolute Gasteiger partial charge is 0.311 e. The lowest BCUT2D eigenvalue weighted by Crippen LogP contribution is -2.43. The molecule has 1 saturated heterocycles. The molecule has 0 radical (unpaired) electrons. The Morgan fingerprint density at radius 3 is 2.57 bits per heavy atom. The number of nitrogens with zero attached hydrogens (tertiary/aromatic N) is 1. The van der Waals surface area contributed by atoms with Gasteiger partial charge in [0.15, 0.2) is 0 Å². The van der Waals surface area contributed by atoms with Crippen LogP contribution < -0.4 is 0 Å². The standard InChI is InChI=1S/C16H19NO4/c1-11-3-5-12(6-4-11)7-8-15(18)17(2)14-10-21-9-13(14)16(19)20/h3-8,13-14H,9-10H2,1-2H3,(H,19,20). The monoisotopic (exact) mass is 289 g/mol. The molecule has 2 unspecified atom stereocenters. The Balaban J connectivity index is 2.02. The lowest BCUT2D eigenvalue weighted by Gasteiger charge is -2.25. The van der Waals surface area contributed by atoms with Crippen molar-refractivity contribution < 1.29 is 19.4 Å². The third kappa shape index (κ3) is 3.70. The van der Waals surface area contributed by atoms with Gasteiger partial charge in [-0.2, -0.15) is 0 Å². The number of likely N-dealkylation sites (N-methyl/N-ethyl adjacent to an activating group) is 1. The first-order valence-electron chi connectivity index (χ1n) is 6.81. The van der Waals surface area contributed by atoms with E-state index in [0.717, 1.165) is 11.1 Å². The number of hydrogen-bond acceptors (Lipinski definition) is 3. The average molecular weight is 289 g/mol. The Kier molecular flexibility index (Phi) is 4.75. The highest BCUT2D eigenvalue weighted by Crippen LogP contribution is 2.19.